The number of nitrogens with one attached hydrogen (secondary N) is 1. The van der Waals surface area contributed by atoms with Crippen molar-refractivity contribution in [3.05, 3.63) is 76.4 Å². The maximum Gasteiger partial charge on any atom is 0.271 e. The summed E-state index contributed by atoms with van der Waals surface area (Å²) in [7, 11) is 0. The van der Waals surface area contributed by atoms with E-state index < -0.39 is 18.2 Å². The molecule has 2 N–H and O–H groups in total. The molecule has 0 aliphatic rings. The number of aliphatic hydroxyl groups is 1. The van der Waals surface area contributed by atoms with Crippen LogP contribution in [0.15, 0.2) is 70.9 Å². The predicted octanol–water partition coefficient (Wildman–Crippen LogP) is 2.06. The zero-order valence-corrected chi connectivity index (χ0v) is 14.0. The summed E-state index contributed by atoms with van der Waals surface area (Å²) in [6.07, 6.45) is 4.74. The second-order valence-electron chi connectivity index (χ2n) is 5.08. The number of ether oxygens (including phenoxy) is 1. The van der Waals surface area contributed by atoms with E-state index in [4.69, 9.17) is 9.84 Å². The van der Waals surface area contributed by atoms with Gasteiger partial charge in [-0.25, -0.2) is 4.68 Å². The third-order valence-corrected chi connectivity index (χ3v) is 3.26. The molecule has 0 spiro atoms. The molecule has 25 heavy (non-hydrogen) atoms. The van der Waals surface area contributed by atoms with Crippen molar-refractivity contribution in [1.82, 2.24) is 9.78 Å². The number of carbonyl (C=O) groups excluding carboxylic acids is 1. The smallest absolute Gasteiger partial charge is 0.271 e. The van der Waals surface area contributed by atoms with Gasteiger partial charge < -0.3 is 15.2 Å². The Hall–Kier alpha value is -3.19. The highest BCUT2D eigenvalue weighted by Crippen LogP contribution is 2.17. The molecule has 7 nitrogen and oxygen atoms in total. The van der Waals surface area contributed by atoms with Gasteiger partial charge in [0.15, 0.2) is 0 Å². The SMILES string of the molecule is C/C=C\C(Oc1ccccc1)=C(/C)C(=O)Nc1cnn(CO)c(=O)c1. The Bertz CT molecular complexity index is 854. The molecule has 2 rings (SSSR count). The van der Waals surface area contributed by atoms with Gasteiger partial charge in [0.1, 0.15) is 18.2 Å². The summed E-state index contributed by atoms with van der Waals surface area (Å²) in [5.74, 6) is 0.574. The molecule has 1 aromatic heterocycles. The third kappa shape index (κ3) is 4.89. The maximum absolute atomic E-state index is 12.4. The summed E-state index contributed by atoms with van der Waals surface area (Å²) >= 11 is 0. The lowest BCUT2D eigenvalue weighted by Crippen LogP contribution is -2.24. The van der Waals surface area contributed by atoms with E-state index in [1.807, 2.05) is 25.1 Å². The third-order valence-electron chi connectivity index (χ3n) is 3.26. The number of carbonyl (C=O) groups is 1. The lowest BCUT2D eigenvalue weighted by atomic mass is 10.2. The molecule has 0 fully saturated rings. The lowest BCUT2D eigenvalue weighted by Gasteiger charge is -2.11. The Morgan fingerprint density at radius 3 is 2.68 bits per heavy atom. The number of nitrogens with zero attached hydrogens (tertiary/aromatic N) is 2. The highest BCUT2D eigenvalue weighted by molar-refractivity contribution is 6.03. The Kier molecular flexibility index (Phi) is 6.25. The zero-order valence-electron chi connectivity index (χ0n) is 14.0. The van der Waals surface area contributed by atoms with Crippen LogP contribution in [-0.4, -0.2) is 20.8 Å². The molecule has 0 aliphatic carbocycles. The van der Waals surface area contributed by atoms with Crippen LogP contribution in [0, 0.1) is 0 Å². The number of hydrogen-bond donors (Lipinski definition) is 2. The summed E-state index contributed by atoms with van der Waals surface area (Å²) in [6.45, 7) is 2.91. The summed E-state index contributed by atoms with van der Waals surface area (Å²) in [5.41, 5.74) is 0.0584. The van der Waals surface area contributed by atoms with Crippen LogP contribution in [-0.2, 0) is 11.5 Å². The quantitative estimate of drug-likeness (QED) is 0.476. The molecule has 1 heterocycles. The number of hydrogen-bond acceptors (Lipinski definition) is 5. The largest absolute Gasteiger partial charge is 0.457 e. The zero-order chi connectivity index (χ0) is 18.2. The minimum absolute atomic E-state index is 0.235. The number of aromatic nitrogens is 2. The molecule has 130 valence electrons. The van der Waals surface area contributed by atoms with E-state index >= 15 is 0 Å². The van der Waals surface area contributed by atoms with Crippen molar-refractivity contribution in [3.8, 4) is 5.75 Å². The summed E-state index contributed by atoms with van der Waals surface area (Å²) in [4.78, 5) is 24.1. The van der Waals surface area contributed by atoms with Crippen LogP contribution in [0.4, 0.5) is 5.69 Å². The molecule has 1 aromatic carbocycles. The number of amides is 1. The first-order chi connectivity index (χ1) is 12.0. The second-order valence-corrected chi connectivity index (χ2v) is 5.08. The molecular weight excluding hydrogens is 322 g/mol. The topological polar surface area (TPSA) is 93.4 Å². The van der Waals surface area contributed by atoms with Gasteiger partial charge in [-0.05, 0) is 32.1 Å². The van der Waals surface area contributed by atoms with E-state index in [0.717, 1.165) is 4.68 Å². The average molecular weight is 341 g/mol. The Morgan fingerprint density at radius 1 is 1.36 bits per heavy atom. The van der Waals surface area contributed by atoms with Crippen molar-refractivity contribution in [2.24, 2.45) is 0 Å². The first-order valence-electron chi connectivity index (χ1n) is 7.61. The molecule has 0 unspecified atom stereocenters. The van der Waals surface area contributed by atoms with Crippen LogP contribution in [0.2, 0.25) is 0 Å². The van der Waals surface area contributed by atoms with Gasteiger partial charge in [0.25, 0.3) is 11.5 Å². The van der Waals surface area contributed by atoms with Crippen LogP contribution < -0.4 is 15.6 Å². The van der Waals surface area contributed by atoms with Crippen LogP contribution in [0.25, 0.3) is 0 Å². The Balaban J connectivity index is 2.23. The fourth-order valence-corrected chi connectivity index (χ4v) is 1.95. The van der Waals surface area contributed by atoms with E-state index in [0.29, 0.717) is 17.1 Å². The monoisotopic (exact) mass is 341 g/mol. The van der Waals surface area contributed by atoms with E-state index in [9.17, 15) is 9.59 Å². The number of benzene rings is 1. The molecule has 0 saturated carbocycles. The summed E-state index contributed by atoms with van der Waals surface area (Å²) in [5, 5.41) is 15.3. The van der Waals surface area contributed by atoms with Crippen molar-refractivity contribution < 1.29 is 14.6 Å². The number of allylic oxidation sites excluding steroid dienone is 2. The van der Waals surface area contributed by atoms with Crippen molar-refractivity contribution in [2.75, 3.05) is 5.32 Å². The Labute approximate surface area is 144 Å². The minimum Gasteiger partial charge on any atom is -0.457 e. The molecule has 0 saturated heterocycles. The van der Waals surface area contributed by atoms with E-state index in [1.165, 1.54) is 12.3 Å². The van der Waals surface area contributed by atoms with Gasteiger partial charge >= 0.3 is 0 Å². The number of para-hydroxylation sites is 1. The lowest BCUT2D eigenvalue weighted by molar-refractivity contribution is -0.112. The number of anilines is 1. The van der Waals surface area contributed by atoms with Crippen molar-refractivity contribution in [1.29, 1.82) is 0 Å². The summed E-state index contributed by atoms with van der Waals surface area (Å²) in [6, 6.07) is 10.3. The fraction of sp³-hybridized carbons (Fsp3) is 0.167. The molecule has 0 atom stereocenters. The Morgan fingerprint density at radius 2 is 2.08 bits per heavy atom. The van der Waals surface area contributed by atoms with Gasteiger partial charge in [-0.15, -0.1) is 0 Å². The molecular formula is C18H19N3O4. The van der Waals surface area contributed by atoms with E-state index in [-0.39, 0.29) is 5.69 Å². The van der Waals surface area contributed by atoms with Crippen LogP contribution in [0.5, 0.6) is 5.75 Å². The number of aliphatic hydroxyl groups excluding tert-OH is 1. The highest BCUT2D eigenvalue weighted by Gasteiger charge is 2.12. The molecule has 0 aliphatic heterocycles. The fourth-order valence-electron chi connectivity index (χ4n) is 1.95. The van der Waals surface area contributed by atoms with Gasteiger partial charge in [0, 0.05) is 6.07 Å². The number of rotatable bonds is 6. The maximum atomic E-state index is 12.4. The molecule has 2 aromatic rings. The van der Waals surface area contributed by atoms with E-state index in [1.54, 1.807) is 31.2 Å². The van der Waals surface area contributed by atoms with E-state index in [2.05, 4.69) is 10.4 Å². The highest BCUT2D eigenvalue weighted by atomic mass is 16.5. The average Bonchev–Trinajstić information content (AvgIpc) is 2.62. The van der Waals surface area contributed by atoms with Gasteiger partial charge in [0.2, 0.25) is 0 Å². The van der Waals surface area contributed by atoms with Gasteiger partial charge in [-0.1, -0.05) is 24.3 Å². The van der Waals surface area contributed by atoms with Gasteiger partial charge in [-0.3, -0.25) is 9.59 Å². The predicted molar refractivity (Wildman–Crippen MR) is 93.9 cm³/mol. The van der Waals surface area contributed by atoms with Crippen LogP contribution in [0.3, 0.4) is 0 Å². The summed E-state index contributed by atoms with van der Waals surface area (Å²) < 4.78 is 6.62. The first kappa shape index (κ1) is 18.2. The van der Waals surface area contributed by atoms with Crippen molar-refractivity contribution >= 4 is 11.6 Å². The molecule has 1 amide bonds. The first-order valence-corrected chi connectivity index (χ1v) is 7.61. The molecule has 7 heteroatoms. The van der Waals surface area contributed by atoms with Crippen molar-refractivity contribution in [2.45, 2.75) is 20.6 Å². The van der Waals surface area contributed by atoms with Crippen molar-refractivity contribution in [3.63, 3.8) is 0 Å². The second kappa shape index (κ2) is 8.60. The normalized spacial score (nSPS) is 12.0. The van der Waals surface area contributed by atoms with Crippen LogP contribution >= 0.6 is 0 Å². The van der Waals surface area contributed by atoms with Gasteiger partial charge in [-0.2, -0.15) is 5.10 Å². The molecule has 0 bridgehead atoms. The standard InChI is InChI=1S/C18H19N3O4/c1-3-7-16(25-15-8-5-4-6-9-15)13(2)18(24)20-14-10-17(23)21(12-22)19-11-14/h3-11,22H,12H2,1-2H3,(H,20,24)/b7-3-,16-13-. The van der Waals surface area contributed by atoms with Crippen LogP contribution in [0.1, 0.15) is 13.8 Å². The van der Waals surface area contributed by atoms with Gasteiger partial charge in [0.05, 0.1) is 17.5 Å². The minimum atomic E-state index is -0.525. The molecule has 0 radical (unpaired) electrons.